The second kappa shape index (κ2) is 6.73. The van der Waals surface area contributed by atoms with Crippen LogP contribution in [0.25, 0.3) is 0 Å². The fourth-order valence-corrected chi connectivity index (χ4v) is 2.44. The van der Waals surface area contributed by atoms with Gasteiger partial charge in [0.15, 0.2) is 0 Å². The zero-order valence-electron chi connectivity index (χ0n) is 11.4. The third-order valence-electron chi connectivity index (χ3n) is 3.38. The van der Waals surface area contributed by atoms with Crippen molar-refractivity contribution in [2.75, 3.05) is 13.6 Å². The van der Waals surface area contributed by atoms with Gasteiger partial charge in [-0.15, -0.1) is 0 Å². The van der Waals surface area contributed by atoms with E-state index in [1.54, 1.807) is 6.92 Å². The molecule has 0 bridgehead atoms. The first-order valence-corrected chi connectivity index (χ1v) is 6.52. The van der Waals surface area contributed by atoms with Crippen LogP contribution in [-0.2, 0) is 14.3 Å². The van der Waals surface area contributed by atoms with Crippen molar-refractivity contribution in [1.29, 1.82) is 0 Å². The largest absolute Gasteiger partial charge is 0.480 e. The average molecular weight is 257 g/mol. The third kappa shape index (κ3) is 4.64. The molecule has 0 heterocycles. The normalized spacial score (nSPS) is 25.5. The van der Waals surface area contributed by atoms with Crippen molar-refractivity contribution in [3.05, 3.63) is 0 Å². The van der Waals surface area contributed by atoms with Crippen LogP contribution in [0.15, 0.2) is 0 Å². The van der Waals surface area contributed by atoms with Crippen molar-refractivity contribution in [3.63, 3.8) is 0 Å². The van der Waals surface area contributed by atoms with E-state index in [-0.39, 0.29) is 18.6 Å². The van der Waals surface area contributed by atoms with Gasteiger partial charge in [-0.25, -0.2) is 0 Å². The molecule has 0 spiro atoms. The predicted molar refractivity (Wildman–Crippen MR) is 67.2 cm³/mol. The topological polar surface area (TPSA) is 66.8 Å². The van der Waals surface area contributed by atoms with Crippen LogP contribution >= 0.6 is 0 Å². The zero-order valence-corrected chi connectivity index (χ0v) is 11.4. The van der Waals surface area contributed by atoms with Gasteiger partial charge in [-0.1, -0.05) is 19.8 Å². The number of carboxylic acids is 1. The number of nitrogens with zero attached hydrogens (tertiary/aromatic N) is 1. The van der Waals surface area contributed by atoms with Gasteiger partial charge >= 0.3 is 5.97 Å². The summed E-state index contributed by atoms with van der Waals surface area (Å²) >= 11 is 0. The van der Waals surface area contributed by atoms with Gasteiger partial charge in [-0.3, -0.25) is 9.59 Å². The molecule has 0 radical (unpaired) electrons. The molecule has 0 aromatic rings. The maximum atomic E-state index is 11.9. The van der Waals surface area contributed by atoms with Gasteiger partial charge in [0.2, 0.25) is 0 Å². The highest BCUT2D eigenvalue weighted by atomic mass is 16.5. The van der Waals surface area contributed by atoms with E-state index < -0.39 is 12.1 Å². The number of hydrogen-bond donors (Lipinski definition) is 1. The molecule has 18 heavy (non-hydrogen) atoms. The maximum absolute atomic E-state index is 11.9. The Morgan fingerprint density at radius 2 is 2.11 bits per heavy atom. The molecule has 5 heteroatoms. The summed E-state index contributed by atoms with van der Waals surface area (Å²) < 4.78 is 5.74. The molecule has 0 aromatic heterocycles. The minimum atomic E-state index is -1.01. The Balaban J connectivity index is 2.41. The van der Waals surface area contributed by atoms with E-state index in [1.165, 1.54) is 18.4 Å². The molecule has 1 amide bonds. The van der Waals surface area contributed by atoms with Crippen molar-refractivity contribution in [3.8, 4) is 0 Å². The van der Waals surface area contributed by atoms with E-state index in [2.05, 4.69) is 6.92 Å². The smallest absolute Gasteiger partial charge is 0.323 e. The van der Waals surface area contributed by atoms with Crippen LogP contribution in [0.5, 0.6) is 0 Å². The highest BCUT2D eigenvalue weighted by molar-refractivity contribution is 5.84. The average Bonchev–Trinajstić information content (AvgIpc) is 2.27. The lowest BCUT2D eigenvalue weighted by Gasteiger charge is -2.30. The molecular weight excluding hydrogens is 234 g/mol. The lowest BCUT2D eigenvalue weighted by Crippen LogP contribution is -2.41. The van der Waals surface area contributed by atoms with Gasteiger partial charge in [-0.05, 0) is 25.7 Å². The van der Waals surface area contributed by atoms with Crippen LogP contribution in [0, 0.1) is 5.92 Å². The van der Waals surface area contributed by atoms with Crippen molar-refractivity contribution < 1.29 is 19.4 Å². The number of aliphatic carboxylic acids is 1. The standard InChI is InChI=1S/C13H23NO4/c1-9-5-4-6-11(7-9)18-10(2)13(17)14(3)8-12(15)16/h9-11H,4-8H2,1-3H3,(H,15,16)/t9-,10+,11-/m1/s1. The Labute approximate surface area is 108 Å². The quantitative estimate of drug-likeness (QED) is 0.810. The Bertz CT molecular complexity index is 305. The first-order chi connectivity index (χ1) is 8.40. The summed E-state index contributed by atoms with van der Waals surface area (Å²) in [5, 5.41) is 8.64. The van der Waals surface area contributed by atoms with Crippen LogP contribution in [0.4, 0.5) is 0 Å². The number of carbonyl (C=O) groups excluding carboxylic acids is 1. The van der Waals surface area contributed by atoms with E-state index in [0.29, 0.717) is 5.92 Å². The Morgan fingerprint density at radius 3 is 2.67 bits per heavy atom. The second-order valence-electron chi connectivity index (χ2n) is 5.26. The minimum Gasteiger partial charge on any atom is -0.480 e. The van der Waals surface area contributed by atoms with Crippen molar-refractivity contribution >= 4 is 11.9 Å². The molecule has 1 aliphatic carbocycles. The van der Waals surface area contributed by atoms with Gasteiger partial charge in [-0.2, -0.15) is 0 Å². The maximum Gasteiger partial charge on any atom is 0.323 e. The number of ether oxygens (including phenoxy) is 1. The molecule has 5 nitrogen and oxygen atoms in total. The Morgan fingerprint density at radius 1 is 1.44 bits per heavy atom. The molecule has 0 unspecified atom stereocenters. The van der Waals surface area contributed by atoms with Gasteiger partial charge in [0.25, 0.3) is 5.91 Å². The number of hydrogen-bond acceptors (Lipinski definition) is 3. The summed E-state index contributed by atoms with van der Waals surface area (Å²) in [6.07, 6.45) is 3.90. The number of carboxylic acid groups (broad SMARTS) is 1. The van der Waals surface area contributed by atoms with Gasteiger partial charge in [0.05, 0.1) is 6.10 Å². The van der Waals surface area contributed by atoms with E-state index in [1.807, 2.05) is 0 Å². The van der Waals surface area contributed by atoms with Crippen LogP contribution in [0.1, 0.15) is 39.5 Å². The van der Waals surface area contributed by atoms with Crippen LogP contribution in [0.2, 0.25) is 0 Å². The summed E-state index contributed by atoms with van der Waals surface area (Å²) in [6.45, 7) is 3.60. The van der Waals surface area contributed by atoms with Gasteiger partial charge in [0.1, 0.15) is 12.6 Å². The van der Waals surface area contributed by atoms with E-state index in [4.69, 9.17) is 9.84 Å². The Kier molecular flexibility index (Phi) is 5.59. The minimum absolute atomic E-state index is 0.130. The first kappa shape index (κ1) is 15.0. The van der Waals surface area contributed by atoms with Crippen LogP contribution in [-0.4, -0.2) is 47.7 Å². The number of amides is 1. The number of rotatable bonds is 5. The Hall–Kier alpha value is -1.10. The summed E-state index contributed by atoms with van der Waals surface area (Å²) in [7, 11) is 1.49. The fourth-order valence-electron chi connectivity index (χ4n) is 2.44. The molecule has 1 rings (SSSR count). The monoisotopic (exact) mass is 257 g/mol. The molecule has 1 fully saturated rings. The third-order valence-corrected chi connectivity index (χ3v) is 3.38. The number of carbonyl (C=O) groups is 2. The van der Waals surface area contributed by atoms with Crippen LogP contribution < -0.4 is 0 Å². The summed E-state index contributed by atoms with van der Waals surface area (Å²) in [5.74, 6) is -0.636. The molecule has 104 valence electrons. The summed E-state index contributed by atoms with van der Waals surface area (Å²) in [5.41, 5.74) is 0. The van der Waals surface area contributed by atoms with Gasteiger partial charge in [0, 0.05) is 7.05 Å². The predicted octanol–water partition coefficient (Wildman–Crippen LogP) is 1.51. The molecule has 1 N–H and O–H groups in total. The molecule has 0 aliphatic heterocycles. The van der Waals surface area contributed by atoms with E-state index >= 15 is 0 Å². The highest BCUT2D eigenvalue weighted by Gasteiger charge is 2.26. The second-order valence-corrected chi connectivity index (χ2v) is 5.26. The fraction of sp³-hybridized carbons (Fsp3) is 0.846. The molecular formula is C13H23NO4. The van der Waals surface area contributed by atoms with E-state index in [0.717, 1.165) is 19.3 Å². The van der Waals surface area contributed by atoms with Crippen molar-refractivity contribution in [1.82, 2.24) is 4.90 Å². The molecule has 1 saturated carbocycles. The molecule has 0 saturated heterocycles. The first-order valence-electron chi connectivity index (χ1n) is 6.52. The lowest BCUT2D eigenvalue weighted by atomic mass is 9.88. The molecule has 0 aromatic carbocycles. The van der Waals surface area contributed by atoms with Crippen molar-refractivity contribution in [2.45, 2.75) is 51.7 Å². The lowest BCUT2D eigenvalue weighted by molar-refractivity contribution is -0.152. The SMILES string of the molecule is C[C@@H]1CCC[C@@H](O[C@@H](C)C(=O)N(C)CC(=O)O)C1. The highest BCUT2D eigenvalue weighted by Crippen LogP contribution is 2.26. The summed E-state index contributed by atoms with van der Waals surface area (Å²) in [4.78, 5) is 23.6. The van der Waals surface area contributed by atoms with Gasteiger partial charge < -0.3 is 14.7 Å². The molecule has 1 aliphatic rings. The van der Waals surface area contributed by atoms with Crippen molar-refractivity contribution in [2.24, 2.45) is 5.92 Å². The summed E-state index contributed by atoms with van der Waals surface area (Å²) in [6, 6.07) is 0. The number of likely N-dealkylation sites (N-methyl/N-ethyl adjacent to an activating group) is 1. The zero-order chi connectivity index (χ0) is 13.7. The molecule has 3 atom stereocenters. The van der Waals surface area contributed by atoms with Crippen LogP contribution in [0.3, 0.4) is 0 Å². The van der Waals surface area contributed by atoms with E-state index in [9.17, 15) is 9.59 Å².